The van der Waals surface area contributed by atoms with Gasteiger partial charge >= 0.3 is 5.97 Å². The van der Waals surface area contributed by atoms with Crippen LogP contribution in [0.3, 0.4) is 0 Å². The van der Waals surface area contributed by atoms with Crippen LogP contribution in [0.1, 0.15) is 38.5 Å². The molecule has 19 heavy (non-hydrogen) atoms. The first-order valence-electron chi connectivity index (χ1n) is 7.17. The van der Waals surface area contributed by atoms with E-state index in [9.17, 15) is 4.79 Å². The Morgan fingerprint density at radius 2 is 2.16 bits per heavy atom. The highest BCUT2D eigenvalue weighted by Gasteiger charge is 2.46. The smallest absolute Gasteiger partial charge is 0.326 e. The normalized spacial score (nSPS) is 31.2. The van der Waals surface area contributed by atoms with Crippen molar-refractivity contribution in [3.8, 4) is 0 Å². The molecule has 2 saturated carbocycles. The Labute approximate surface area is 120 Å². The van der Waals surface area contributed by atoms with Gasteiger partial charge < -0.3 is 9.47 Å². The van der Waals surface area contributed by atoms with E-state index in [2.05, 4.69) is 5.32 Å². The number of carbonyl (C=O) groups is 1. The predicted molar refractivity (Wildman–Crippen MR) is 77.5 cm³/mol. The number of hydrogen-bond donors (Lipinski definition) is 1. The zero-order valence-corrected chi connectivity index (χ0v) is 12.8. The summed E-state index contributed by atoms with van der Waals surface area (Å²) < 4.78 is 10.2. The van der Waals surface area contributed by atoms with Gasteiger partial charge in [-0.15, -0.1) is 0 Å². The summed E-state index contributed by atoms with van der Waals surface area (Å²) in [4.78, 5) is 12.2. The van der Waals surface area contributed by atoms with E-state index in [0.29, 0.717) is 11.3 Å². The first kappa shape index (κ1) is 15.1. The zero-order chi connectivity index (χ0) is 13.7. The number of rotatable bonds is 7. The van der Waals surface area contributed by atoms with E-state index in [1.165, 1.54) is 26.4 Å². The summed E-state index contributed by atoms with van der Waals surface area (Å²) in [6, 6.07) is 0.529. The van der Waals surface area contributed by atoms with Gasteiger partial charge in [-0.25, -0.2) is 0 Å². The molecule has 0 amide bonds. The third kappa shape index (κ3) is 4.10. The first-order valence-corrected chi connectivity index (χ1v) is 8.22. The molecular formula is C14H25NO3S. The molecule has 2 unspecified atom stereocenters. The van der Waals surface area contributed by atoms with Crippen molar-refractivity contribution in [1.82, 2.24) is 5.32 Å². The standard InChI is InChI=1S/C14H25NO3S/c1-17-8-9-19-12-4-3-7-14(10-12,13(16)18-2)15-11-5-6-11/h11-12,15H,3-10H2,1-2H3. The fourth-order valence-electron chi connectivity index (χ4n) is 2.85. The Hall–Kier alpha value is -0.260. The fourth-order valence-corrected chi connectivity index (χ4v) is 4.19. The van der Waals surface area contributed by atoms with Crippen LogP contribution in [0, 0.1) is 0 Å². The highest BCUT2D eigenvalue weighted by atomic mass is 32.2. The number of esters is 1. The predicted octanol–water partition coefficient (Wildman–Crippen LogP) is 1.97. The largest absolute Gasteiger partial charge is 0.468 e. The van der Waals surface area contributed by atoms with Gasteiger partial charge in [-0.1, -0.05) is 0 Å². The van der Waals surface area contributed by atoms with Gasteiger partial charge in [-0.2, -0.15) is 11.8 Å². The van der Waals surface area contributed by atoms with Crippen LogP contribution >= 0.6 is 11.8 Å². The molecule has 4 nitrogen and oxygen atoms in total. The van der Waals surface area contributed by atoms with Crippen LogP contribution in [0.4, 0.5) is 0 Å². The maximum Gasteiger partial charge on any atom is 0.326 e. The quantitative estimate of drug-likeness (QED) is 0.573. The number of ether oxygens (including phenoxy) is 2. The Morgan fingerprint density at radius 1 is 1.37 bits per heavy atom. The Balaban J connectivity index is 1.94. The lowest BCUT2D eigenvalue weighted by Crippen LogP contribution is -2.56. The highest BCUT2D eigenvalue weighted by molar-refractivity contribution is 7.99. The minimum Gasteiger partial charge on any atom is -0.468 e. The molecule has 2 aliphatic carbocycles. The van der Waals surface area contributed by atoms with Crippen LogP contribution in [-0.2, 0) is 14.3 Å². The van der Waals surface area contributed by atoms with Crippen LogP contribution in [-0.4, -0.2) is 49.4 Å². The molecule has 0 aromatic carbocycles. The van der Waals surface area contributed by atoms with Crippen molar-refractivity contribution in [2.75, 3.05) is 26.6 Å². The molecule has 2 fully saturated rings. The van der Waals surface area contributed by atoms with Crippen molar-refractivity contribution in [1.29, 1.82) is 0 Å². The summed E-state index contributed by atoms with van der Waals surface area (Å²) in [5, 5.41) is 4.09. The average molecular weight is 287 g/mol. The van der Waals surface area contributed by atoms with E-state index in [4.69, 9.17) is 9.47 Å². The van der Waals surface area contributed by atoms with Gasteiger partial charge in [0.25, 0.3) is 0 Å². The van der Waals surface area contributed by atoms with Crippen LogP contribution in [0.2, 0.25) is 0 Å². The van der Waals surface area contributed by atoms with E-state index < -0.39 is 5.54 Å². The van der Waals surface area contributed by atoms with Crippen molar-refractivity contribution >= 4 is 17.7 Å². The fraction of sp³-hybridized carbons (Fsp3) is 0.929. The summed E-state index contributed by atoms with van der Waals surface area (Å²) in [6.45, 7) is 0.780. The number of thioether (sulfide) groups is 1. The zero-order valence-electron chi connectivity index (χ0n) is 11.9. The second-order valence-electron chi connectivity index (χ2n) is 5.57. The van der Waals surface area contributed by atoms with E-state index in [1.807, 2.05) is 11.8 Å². The molecule has 1 N–H and O–H groups in total. The molecule has 2 aliphatic rings. The van der Waals surface area contributed by atoms with Crippen LogP contribution in [0.15, 0.2) is 0 Å². The molecular weight excluding hydrogens is 262 g/mol. The van der Waals surface area contributed by atoms with E-state index in [0.717, 1.165) is 31.6 Å². The number of methoxy groups -OCH3 is 2. The van der Waals surface area contributed by atoms with E-state index >= 15 is 0 Å². The SMILES string of the molecule is COCCSC1CCCC(NC2CC2)(C(=O)OC)C1. The molecule has 0 aliphatic heterocycles. The molecule has 2 atom stereocenters. The maximum absolute atomic E-state index is 12.2. The Kier molecular flexibility index (Phi) is 5.54. The van der Waals surface area contributed by atoms with Crippen LogP contribution in [0.25, 0.3) is 0 Å². The van der Waals surface area contributed by atoms with Crippen molar-refractivity contribution in [2.24, 2.45) is 0 Å². The van der Waals surface area contributed by atoms with Crippen LogP contribution in [0.5, 0.6) is 0 Å². The van der Waals surface area contributed by atoms with Gasteiger partial charge in [0.1, 0.15) is 5.54 Å². The van der Waals surface area contributed by atoms with Gasteiger partial charge in [0.2, 0.25) is 0 Å². The summed E-state index contributed by atoms with van der Waals surface area (Å²) in [6.07, 6.45) is 6.49. The summed E-state index contributed by atoms with van der Waals surface area (Å²) in [7, 11) is 3.23. The van der Waals surface area contributed by atoms with Crippen molar-refractivity contribution in [3.05, 3.63) is 0 Å². The molecule has 0 aromatic rings. The van der Waals surface area contributed by atoms with Crippen molar-refractivity contribution in [2.45, 2.75) is 55.4 Å². The summed E-state index contributed by atoms with van der Waals surface area (Å²) in [5.74, 6) is 0.929. The van der Waals surface area contributed by atoms with Gasteiger partial charge in [0, 0.05) is 24.2 Å². The lowest BCUT2D eigenvalue weighted by atomic mass is 9.81. The van der Waals surface area contributed by atoms with Crippen LogP contribution < -0.4 is 5.32 Å². The van der Waals surface area contributed by atoms with Crippen molar-refractivity contribution < 1.29 is 14.3 Å². The molecule has 0 aromatic heterocycles. The molecule has 2 rings (SSSR count). The number of carbonyl (C=O) groups excluding carboxylic acids is 1. The second-order valence-corrected chi connectivity index (χ2v) is 6.98. The topological polar surface area (TPSA) is 47.6 Å². The maximum atomic E-state index is 12.2. The molecule has 0 bridgehead atoms. The monoisotopic (exact) mass is 287 g/mol. The summed E-state index contributed by atoms with van der Waals surface area (Å²) in [5.41, 5.74) is -0.432. The number of nitrogens with one attached hydrogen (secondary N) is 1. The molecule has 0 radical (unpaired) electrons. The highest BCUT2D eigenvalue weighted by Crippen LogP contribution is 2.38. The Morgan fingerprint density at radius 3 is 2.79 bits per heavy atom. The van der Waals surface area contributed by atoms with Gasteiger partial charge in [-0.05, 0) is 38.5 Å². The number of hydrogen-bond acceptors (Lipinski definition) is 5. The minimum absolute atomic E-state index is 0.0727. The van der Waals surface area contributed by atoms with Gasteiger partial charge in [0.15, 0.2) is 0 Å². The molecule has 0 spiro atoms. The lowest BCUT2D eigenvalue weighted by Gasteiger charge is -2.39. The third-order valence-corrected chi connectivity index (χ3v) is 5.26. The first-order chi connectivity index (χ1) is 9.20. The lowest BCUT2D eigenvalue weighted by molar-refractivity contribution is -0.150. The van der Waals surface area contributed by atoms with Crippen molar-refractivity contribution in [3.63, 3.8) is 0 Å². The third-order valence-electron chi connectivity index (χ3n) is 3.98. The Bertz CT molecular complexity index is 309. The molecule has 5 heteroatoms. The molecule has 110 valence electrons. The van der Waals surface area contributed by atoms with E-state index in [1.54, 1.807) is 7.11 Å². The summed E-state index contributed by atoms with van der Waals surface area (Å²) >= 11 is 1.93. The second kappa shape index (κ2) is 6.95. The van der Waals surface area contributed by atoms with Gasteiger partial charge in [0.05, 0.1) is 13.7 Å². The molecule has 0 saturated heterocycles. The molecule has 0 heterocycles. The minimum atomic E-state index is -0.432. The average Bonchev–Trinajstić information content (AvgIpc) is 3.22. The van der Waals surface area contributed by atoms with E-state index in [-0.39, 0.29) is 5.97 Å². The van der Waals surface area contributed by atoms with Gasteiger partial charge in [-0.3, -0.25) is 10.1 Å².